The lowest BCUT2D eigenvalue weighted by Gasteiger charge is -2.05. The van der Waals surface area contributed by atoms with E-state index in [-0.39, 0.29) is 12.3 Å². The van der Waals surface area contributed by atoms with Crippen LogP contribution < -0.4 is 5.32 Å². The third-order valence-electron chi connectivity index (χ3n) is 2.28. The van der Waals surface area contributed by atoms with Crippen molar-refractivity contribution in [2.75, 3.05) is 6.54 Å². The summed E-state index contributed by atoms with van der Waals surface area (Å²) in [6.07, 6.45) is 1.33. The minimum atomic E-state index is -0.817. The number of aliphatic carboxylic acids is 1. The van der Waals surface area contributed by atoms with Gasteiger partial charge in [0.25, 0.3) is 5.91 Å². The molecule has 4 nitrogen and oxygen atoms in total. The zero-order chi connectivity index (χ0) is 13.5. The standard InChI is InChI=1S/C12H13BrClNO3/c13-9-7-8(4-5-10(9)14)12(18)15-6-2-1-3-11(16)17/h4-5,7H,1-3,6H2,(H,15,18)(H,16,17). The molecule has 0 aliphatic carbocycles. The molecule has 0 aliphatic rings. The molecule has 0 spiro atoms. The molecule has 18 heavy (non-hydrogen) atoms. The van der Waals surface area contributed by atoms with E-state index >= 15 is 0 Å². The van der Waals surface area contributed by atoms with Crippen molar-refractivity contribution in [3.05, 3.63) is 33.3 Å². The number of hydrogen-bond acceptors (Lipinski definition) is 2. The second kappa shape index (κ2) is 7.38. The molecule has 0 bridgehead atoms. The molecule has 0 saturated carbocycles. The van der Waals surface area contributed by atoms with Crippen LogP contribution in [0.3, 0.4) is 0 Å². The smallest absolute Gasteiger partial charge is 0.303 e. The van der Waals surface area contributed by atoms with Crippen LogP contribution in [0.25, 0.3) is 0 Å². The highest BCUT2D eigenvalue weighted by Crippen LogP contribution is 2.23. The van der Waals surface area contributed by atoms with E-state index in [4.69, 9.17) is 16.7 Å². The summed E-state index contributed by atoms with van der Waals surface area (Å²) in [5.41, 5.74) is 0.518. The van der Waals surface area contributed by atoms with Crippen LogP contribution in [0.2, 0.25) is 5.02 Å². The Balaban J connectivity index is 2.36. The number of amides is 1. The van der Waals surface area contributed by atoms with Crippen molar-refractivity contribution in [2.45, 2.75) is 19.3 Å². The maximum Gasteiger partial charge on any atom is 0.303 e. The van der Waals surface area contributed by atoms with Gasteiger partial charge in [-0.15, -0.1) is 0 Å². The third kappa shape index (κ3) is 5.06. The molecule has 0 fully saturated rings. The van der Waals surface area contributed by atoms with E-state index in [2.05, 4.69) is 21.2 Å². The Morgan fingerprint density at radius 1 is 1.33 bits per heavy atom. The summed E-state index contributed by atoms with van der Waals surface area (Å²) in [5, 5.41) is 11.7. The van der Waals surface area contributed by atoms with Crippen LogP contribution in [-0.4, -0.2) is 23.5 Å². The first-order chi connectivity index (χ1) is 8.50. The number of benzene rings is 1. The fraction of sp³-hybridized carbons (Fsp3) is 0.333. The zero-order valence-electron chi connectivity index (χ0n) is 9.58. The maximum absolute atomic E-state index is 11.7. The molecule has 1 rings (SSSR count). The van der Waals surface area contributed by atoms with Crippen LogP contribution in [0.1, 0.15) is 29.6 Å². The molecule has 0 heterocycles. The molecule has 1 aromatic rings. The highest BCUT2D eigenvalue weighted by Gasteiger charge is 2.07. The fourth-order valence-electron chi connectivity index (χ4n) is 1.34. The summed E-state index contributed by atoms with van der Waals surface area (Å²) in [6.45, 7) is 0.465. The summed E-state index contributed by atoms with van der Waals surface area (Å²) < 4.78 is 0.669. The number of rotatable bonds is 6. The molecule has 0 unspecified atom stereocenters. The van der Waals surface area contributed by atoms with Gasteiger partial charge < -0.3 is 10.4 Å². The summed E-state index contributed by atoms with van der Waals surface area (Å²) in [4.78, 5) is 22.0. The number of carbonyl (C=O) groups excluding carboxylic acids is 1. The normalized spacial score (nSPS) is 10.1. The van der Waals surface area contributed by atoms with Gasteiger partial charge in [-0.3, -0.25) is 9.59 Å². The van der Waals surface area contributed by atoms with Crippen LogP contribution in [0, 0.1) is 0 Å². The summed E-state index contributed by atoms with van der Waals surface area (Å²) in [7, 11) is 0. The number of nitrogens with one attached hydrogen (secondary N) is 1. The minimum absolute atomic E-state index is 0.127. The Kier molecular flexibility index (Phi) is 6.15. The first kappa shape index (κ1) is 15.0. The quantitative estimate of drug-likeness (QED) is 0.786. The van der Waals surface area contributed by atoms with Gasteiger partial charge in [0.1, 0.15) is 0 Å². The van der Waals surface area contributed by atoms with Crippen molar-refractivity contribution >= 4 is 39.4 Å². The Bertz CT molecular complexity index is 451. The van der Waals surface area contributed by atoms with Gasteiger partial charge in [-0.1, -0.05) is 11.6 Å². The monoisotopic (exact) mass is 333 g/mol. The molecule has 0 aliphatic heterocycles. The number of carboxylic acid groups (broad SMARTS) is 1. The molecule has 0 aromatic heterocycles. The molecule has 1 aromatic carbocycles. The van der Waals surface area contributed by atoms with Crippen LogP contribution >= 0.6 is 27.5 Å². The minimum Gasteiger partial charge on any atom is -0.481 e. The zero-order valence-corrected chi connectivity index (χ0v) is 11.9. The average molecular weight is 335 g/mol. The van der Waals surface area contributed by atoms with E-state index in [9.17, 15) is 9.59 Å². The number of unbranched alkanes of at least 4 members (excludes halogenated alkanes) is 1. The Labute approximate surface area is 118 Å². The van der Waals surface area contributed by atoms with Gasteiger partial charge >= 0.3 is 5.97 Å². The van der Waals surface area contributed by atoms with E-state index < -0.39 is 5.97 Å². The number of hydrogen-bond donors (Lipinski definition) is 2. The summed E-state index contributed by atoms with van der Waals surface area (Å²) in [5.74, 6) is -1.01. The molecule has 98 valence electrons. The molecular formula is C12H13BrClNO3. The number of carbonyl (C=O) groups is 2. The molecule has 0 radical (unpaired) electrons. The predicted molar refractivity (Wildman–Crippen MR) is 73.0 cm³/mol. The predicted octanol–water partition coefficient (Wildman–Crippen LogP) is 3.09. The second-order valence-corrected chi connectivity index (χ2v) is 5.00. The largest absolute Gasteiger partial charge is 0.481 e. The first-order valence-electron chi connectivity index (χ1n) is 5.45. The van der Waals surface area contributed by atoms with Gasteiger partial charge in [0.05, 0.1) is 5.02 Å². The van der Waals surface area contributed by atoms with Crippen molar-refractivity contribution in [2.24, 2.45) is 0 Å². The third-order valence-corrected chi connectivity index (χ3v) is 3.50. The second-order valence-electron chi connectivity index (χ2n) is 3.74. The molecule has 0 saturated heterocycles. The van der Waals surface area contributed by atoms with Crippen molar-refractivity contribution in [3.63, 3.8) is 0 Å². The van der Waals surface area contributed by atoms with Crippen molar-refractivity contribution in [1.29, 1.82) is 0 Å². The Hall–Kier alpha value is -1.07. The van der Waals surface area contributed by atoms with Crippen LogP contribution in [0.15, 0.2) is 22.7 Å². The van der Waals surface area contributed by atoms with Crippen molar-refractivity contribution in [1.82, 2.24) is 5.32 Å². The number of carboxylic acids is 1. The van der Waals surface area contributed by atoms with Gasteiger partial charge in [0.15, 0.2) is 0 Å². The van der Waals surface area contributed by atoms with Crippen LogP contribution in [0.4, 0.5) is 0 Å². The van der Waals surface area contributed by atoms with E-state index in [1.807, 2.05) is 0 Å². The Morgan fingerprint density at radius 2 is 2.06 bits per heavy atom. The van der Waals surface area contributed by atoms with E-state index in [0.29, 0.717) is 34.4 Å². The van der Waals surface area contributed by atoms with E-state index in [0.717, 1.165) is 0 Å². The van der Waals surface area contributed by atoms with Gasteiger partial charge in [-0.2, -0.15) is 0 Å². The highest BCUT2D eigenvalue weighted by molar-refractivity contribution is 9.10. The lowest BCUT2D eigenvalue weighted by molar-refractivity contribution is -0.137. The summed E-state index contributed by atoms with van der Waals surface area (Å²) in [6, 6.07) is 4.93. The van der Waals surface area contributed by atoms with E-state index in [1.54, 1.807) is 18.2 Å². The van der Waals surface area contributed by atoms with Gasteiger partial charge in [-0.05, 0) is 47.0 Å². The topological polar surface area (TPSA) is 66.4 Å². The molecular weight excluding hydrogens is 321 g/mol. The van der Waals surface area contributed by atoms with Crippen LogP contribution in [-0.2, 0) is 4.79 Å². The van der Waals surface area contributed by atoms with Crippen molar-refractivity contribution in [3.8, 4) is 0 Å². The van der Waals surface area contributed by atoms with Gasteiger partial charge in [0, 0.05) is 23.0 Å². The first-order valence-corrected chi connectivity index (χ1v) is 6.63. The molecule has 2 N–H and O–H groups in total. The van der Waals surface area contributed by atoms with Crippen molar-refractivity contribution < 1.29 is 14.7 Å². The molecule has 0 atom stereocenters. The molecule has 6 heteroatoms. The van der Waals surface area contributed by atoms with Gasteiger partial charge in [0.2, 0.25) is 0 Å². The number of halogens is 2. The SMILES string of the molecule is O=C(O)CCCCNC(=O)c1ccc(Cl)c(Br)c1. The van der Waals surface area contributed by atoms with E-state index in [1.165, 1.54) is 0 Å². The highest BCUT2D eigenvalue weighted by atomic mass is 79.9. The lowest BCUT2D eigenvalue weighted by atomic mass is 10.2. The fourth-order valence-corrected chi connectivity index (χ4v) is 1.84. The maximum atomic E-state index is 11.7. The Morgan fingerprint density at radius 3 is 2.67 bits per heavy atom. The van der Waals surface area contributed by atoms with Gasteiger partial charge in [-0.25, -0.2) is 0 Å². The molecule has 1 amide bonds. The van der Waals surface area contributed by atoms with Crippen LogP contribution in [0.5, 0.6) is 0 Å². The summed E-state index contributed by atoms with van der Waals surface area (Å²) >= 11 is 9.07. The average Bonchev–Trinajstić information content (AvgIpc) is 2.31. The lowest BCUT2D eigenvalue weighted by Crippen LogP contribution is -2.24.